The molecule has 1 aliphatic heterocycles. The highest BCUT2D eigenvalue weighted by Crippen LogP contribution is 2.46. The summed E-state index contributed by atoms with van der Waals surface area (Å²) in [6, 6.07) is 21.9. The van der Waals surface area contributed by atoms with E-state index in [1.165, 1.54) is 32.4 Å². The van der Waals surface area contributed by atoms with Crippen molar-refractivity contribution in [1.82, 2.24) is 9.88 Å². The van der Waals surface area contributed by atoms with E-state index in [9.17, 15) is 9.65 Å². The number of rotatable bonds is 7. The van der Waals surface area contributed by atoms with E-state index in [0.29, 0.717) is 29.4 Å². The van der Waals surface area contributed by atoms with E-state index >= 15 is 4.39 Å². The Labute approximate surface area is 220 Å². The summed E-state index contributed by atoms with van der Waals surface area (Å²) in [5.74, 6) is -0.460. The molecule has 37 heavy (non-hydrogen) atoms. The normalized spacial score (nSPS) is 16.1. The lowest BCUT2D eigenvalue weighted by atomic mass is 9.72. The Morgan fingerprint density at radius 3 is 2.46 bits per heavy atom. The molecule has 0 saturated carbocycles. The van der Waals surface area contributed by atoms with Gasteiger partial charge in [0.1, 0.15) is 11.5 Å². The number of alkyl halides is 1. The first-order valence-corrected chi connectivity index (χ1v) is 12.5. The van der Waals surface area contributed by atoms with Gasteiger partial charge in [-0.05, 0) is 72.9 Å². The SMILES string of the molecule is CC(C)(F)C(c1cc(F)cc(C#N)c1)C1CN(C(c2ccc(Cl)cc2)c2cccc(-c3cnco3)c2)C1. The molecular formula is C30H26ClF2N3O. The second-order valence-corrected chi connectivity index (χ2v) is 10.5. The van der Waals surface area contributed by atoms with Gasteiger partial charge in [-0.2, -0.15) is 5.26 Å². The topological polar surface area (TPSA) is 53.1 Å². The van der Waals surface area contributed by atoms with E-state index in [0.717, 1.165) is 16.7 Å². The van der Waals surface area contributed by atoms with Crippen LogP contribution in [0.2, 0.25) is 5.02 Å². The van der Waals surface area contributed by atoms with Crippen molar-refractivity contribution in [3.63, 3.8) is 0 Å². The number of hydrogen-bond donors (Lipinski definition) is 0. The van der Waals surface area contributed by atoms with Crippen molar-refractivity contribution < 1.29 is 13.2 Å². The Kier molecular flexibility index (Phi) is 6.85. The van der Waals surface area contributed by atoms with Gasteiger partial charge in [0.2, 0.25) is 0 Å². The van der Waals surface area contributed by atoms with Gasteiger partial charge in [-0.3, -0.25) is 4.90 Å². The van der Waals surface area contributed by atoms with Crippen LogP contribution in [0.1, 0.15) is 48.1 Å². The predicted molar refractivity (Wildman–Crippen MR) is 139 cm³/mol. The van der Waals surface area contributed by atoms with Gasteiger partial charge < -0.3 is 4.42 Å². The van der Waals surface area contributed by atoms with Crippen LogP contribution in [0.5, 0.6) is 0 Å². The molecule has 1 saturated heterocycles. The van der Waals surface area contributed by atoms with Crippen LogP contribution in [0.3, 0.4) is 0 Å². The molecule has 0 radical (unpaired) electrons. The Bertz CT molecular complexity index is 1420. The van der Waals surface area contributed by atoms with E-state index in [4.69, 9.17) is 16.0 Å². The van der Waals surface area contributed by atoms with Crippen molar-refractivity contribution in [1.29, 1.82) is 5.26 Å². The van der Waals surface area contributed by atoms with Crippen molar-refractivity contribution in [2.45, 2.75) is 31.5 Å². The number of oxazole rings is 1. The van der Waals surface area contributed by atoms with Crippen LogP contribution in [-0.4, -0.2) is 28.6 Å². The largest absolute Gasteiger partial charge is 0.444 e. The van der Waals surface area contributed by atoms with Crippen molar-refractivity contribution in [2.75, 3.05) is 13.1 Å². The maximum atomic E-state index is 15.6. The van der Waals surface area contributed by atoms with E-state index < -0.39 is 17.4 Å². The number of nitrogens with zero attached hydrogens (tertiary/aromatic N) is 3. The van der Waals surface area contributed by atoms with Crippen LogP contribution in [0.15, 0.2) is 83.7 Å². The van der Waals surface area contributed by atoms with Gasteiger partial charge in [-0.1, -0.05) is 41.9 Å². The maximum absolute atomic E-state index is 15.6. The summed E-state index contributed by atoms with van der Waals surface area (Å²) < 4.78 is 35.3. The molecule has 0 bridgehead atoms. The molecule has 188 valence electrons. The molecule has 5 rings (SSSR count). The van der Waals surface area contributed by atoms with Crippen molar-refractivity contribution in [2.24, 2.45) is 5.92 Å². The molecule has 0 spiro atoms. The zero-order valence-corrected chi connectivity index (χ0v) is 21.3. The summed E-state index contributed by atoms with van der Waals surface area (Å²) in [5.41, 5.74) is 2.15. The Hall–Kier alpha value is -3.53. The number of benzene rings is 3. The van der Waals surface area contributed by atoms with Gasteiger partial charge in [0, 0.05) is 29.6 Å². The molecule has 1 aliphatic rings. The fourth-order valence-corrected chi connectivity index (χ4v) is 5.66. The quantitative estimate of drug-likeness (QED) is 0.254. The zero-order valence-electron chi connectivity index (χ0n) is 20.5. The van der Waals surface area contributed by atoms with Crippen LogP contribution >= 0.6 is 11.6 Å². The average Bonchev–Trinajstić information content (AvgIpc) is 3.38. The molecule has 4 nitrogen and oxygen atoms in total. The second-order valence-electron chi connectivity index (χ2n) is 10.1. The van der Waals surface area contributed by atoms with Crippen molar-refractivity contribution in [3.05, 3.63) is 112 Å². The fourth-order valence-electron chi connectivity index (χ4n) is 5.54. The third-order valence-electron chi connectivity index (χ3n) is 7.03. The molecule has 3 aromatic carbocycles. The number of likely N-dealkylation sites (tertiary alicyclic amines) is 1. The van der Waals surface area contributed by atoms with Crippen molar-refractivity contribution >= 4 is 11.6 Å². The summed E-state index contributed by atoms with van der Waals surface area (Å²) in [6.07, 6.45) is 3.08. The van der Waals surface area contributed by atoms with E-state index in [-0.39, 0.29) is 17.5 Å². The first-order chi connectivity index (χ1) is 17.7. The first-order valence-electron chi connectivity index (χ1n) is 12.1. The van der Waals surface area contributed by atoms with Gasteiger partial charge >= 0.3 is 0 Å². The lowest BCUT2D eigenvalue weighted by molar-refractivity contribution is 0.00813. The Morgan fingerprint density at radius 2 is 1.81 bits per heavy atom. The summed E-state index contributed by atoms with van der Waals surface area (Å²) in [5, 5.41) is 9.97. The predicted octanol–water partition coefficient (Wildman–Crippen LogP) is 7.56. The molecule has 2 atom stereocenters. The molecule has 0 aliphatic carbocycles. The average molecular weight is 518 g/mol. The molecule has 1 fully saturated rings. The fraction of sp³-hybridized carbons (Fsp3) is 0.267. The molecule has 2 heterocycles. The van der Waals surface area contributed by atoms with Gasteiger partial charge in [0.15, 0.2) is 12.2 Å². The molecule has 0 amide bonds. The zero-order chi connectivity index (χ0) is 26.2. The summed E-state index contributed by atoms with van der Waals surface area (Å²) >= 11 is 6.17. The lowest BCUT2D eigenvalue weighted by Gasteiger charge is -2.50. The van der Waals surface area contributed by atoms with Crippen molar-refractivity contribution in [3.8, 4) is 17.4 Å². The van der Waals surface area contributed by atoms with Crippen LogP contribution in [0, 0.1) is 23.1 Å². The minimum absolute atomic E-state index is 0.0550. The highest BCUT2D eigenvalue weighted by atomic mass is 35.5. The summed E-state index contributed by atoms with van der Waals surface area (Å²) in [6.45, 7) is 4.26. The highest BCUT2D eigenvalue weighted by Gasteiger charge is 2.45. The molecule has 4 aromatic rings. The van der Waals surface area contributed by atoms with Gasteiger partial charge in [0.05, 0.1) is 23.9 Å². The monoisotopic (exact) mass is 517 g/mol. The third kappa shape index (κ3) is 5.29. The van der Waals surface area contributed by atoms with Crippen LogP contribution in [0.25, 0.3) is 11.3 Å². The summed E-state index contributed by atoms with van der Waals surface area (Å²) in [7, 11) is 0. The molecule has 7 heteroatoms. The Morgan fingerprint density at radius 1 is 1.05 bits per heavy atom. The van der Waals surface area contributed by atoms with Crippen LogP contribution in [0.4, 0.5) is 8.78 Å². The minimum Gasteiger partial charge on any atom is -0.444 e. The molecule has 2 unspecified atom stereocenters. The Balaban J connectivity index is 1.48. The number of halogens is 3. The molecular weight excluding hydrogens is 492 g/mol. The third-order valence-corrected chi connectivity index (χ3v) is 7.28. The standard InChI is InChI=1S/C30H26ClF2N3O/c1-30(2,33)28(23-10-19(14-34)11-26(32)13-23)24-16-36(17-24)29(20-6-8-25(31)9-7-20)22-5-3-4-21(12-22)27-15-35-18-37-27/h3-13,15,18,24,28-29H,16-17H2,1-2H3. The molecule has 1 aromatic heterocycles. The summed E-state index contributed by atoms with van der Waals surface area (Å²) in [4.78, 5) is 6.32. The van der Waals surface area contributed by atoms with E-state index in [1.807, 2.05) is 42.5 Å². The minimum atomic E-state index is -1.60. The lowest BCUT2D eigenvalue weighted by Crippen LogP contribution is -2.53. The number of aromatic nitrogens is 1. The van der Waals surface area contributed by atoms with Crippen LogP contribution in [-0.2, 0) is 0 Å². The second kappa shape index (κ2) is 10.1. The molecule has 0 N–H and O–H groups in total. The maximum Gasteiger partial charge on any atom is 0.181 e. The van der Waals surface area contributed by atoms with Gasteiger partial charge in [0.25, 0.3) is 0 Å². The van der Waals surface area contributed by atoms with Gasteiger partial charge in [-0.25, -0.2) is 13.8 Å². The smallest absolute Gasteiger partial charge is 0.181 e. The number of hydrogen-bond acceptors (Lipinski definition) is 4. The van der Waals surface area contributed by atoms with Crippen LogP contribution < -0.4 is 0 Å². The first kappa shape index (κ1) is 25.1. The van der Waals surface area contributed by atoms with Gasteiger partial charge in [-0.15, -0.1) is 0 Å². The highest BCUT2D eigenvalue weighted by molar-refractivity contribution is 6.30. The van der Waals surface area contributed by atoms with E-state index in [1.54, 1.807) is 12.3 Å². The number of nitriles is 1. The van der Waals surface area contributed by atoms with E-state index in [2.05, 4.69) is 22.0 Å².